The molecular weight excluding hydrogens is 566 g/mol. The van der Waals surface area contributed by atoms with Crippen LogP contribution >= 0.6 is 22.9 Å². The Morgan fingerprint density at radius 3 is 2.48 bits per heavy atom. The van der Waals surface area contributed by atoms with Crippen LogP contribution in [0.4, 0.5) is 0 Å². The average molecular weight is 606 g/mol. The normalized spacial score (nSPS) is 22.1. The lowest BCUT2D eigenvalue weighted by molar-refractivity contribution is -0.135. The molecule has 5 rings (SSSR count). The van der Waals surface area contributed by atoms with Crippen molar-refractivity contribution in [2.75, 3.05) is 28.3 Å². The molecule has 0 radical (unpaired) electrons. The van der Waals surface area contributed by atoms with E-state index in [0.29, 0.717) is 28.9 Å². The summed E-state index contributed by atoms with van der Waals surface area (Å²) < 4.78 is 6.81. The van der Waals surface area contributed by atoms with Gasteiger partial charge in [0.05, 0.1) is 17.5 Å². The summed E-state index contributed by atoms with van der Waals surface area (Å²) in [6, 6.07) is 14.6. The van der Waals surface area contributed by atoms with E-state index in [1.165, 1.54) is 11.3 Å². The Morgan fingerprint density at radius 2 is 1.86 bits per heavy atom. The molecule has 6 nitrogen and oxygen atoms in total. The number of hydrogen-bond donors (Lipinski definition) is 1. The van der Waals surface area contributed by atoms with Crippen LogP contribution in [0, 0.1) is 5.41 Å². The van der Waals surface area contributed by atoms with Gasteiger partial charge in [-0.15, -0.1) is 11.3 Å². The van der Waals surface area contributed by atoms with Gasteiger partial charge in [0.2, 0.25) is 5.91 Å². The monoisotopic (exact) mass is 605 g/mol. The molecule has 222 valence electrons. The van der Waals surface area contributed by atoms with Crippen molar-refractivity contribution >= 4 is 50.4 Å². The minimum Gasteiger partial charge on any atom is -0.496 e. The van der Waals surface area contributed by atoms with Gasteiger partial charge in [0.1, 0.15) is 10.6 Å². The van der Waals surface area contributed by atoms with E-state index in [-0.39, 0.29) is 17.9 Å². The lowest BCUT2D eigenvalue weighted by Crippen LogP contribution is -2.44. The van der Waals surface area contributed by atoms with Crippen LogP contribution in [-0.4, -0.2) is 62.0 Å². The molecule has 1 N–H and O–H groups in total. The number of hydrogen-bond acceptors (Lipinski definition) is 5. The van der Waals surface area contributed by atoms with Crippen molar-refractivity contribution < 1.29 is 14.3 Å². The quantitative estimate of drug-likeness (QED) is 0.296. The van der Waals surface area contributed by atoms with Gasteiger partial charge in [0.15, 0.2) is 0 Å². The Labute approximate surface area is 258 Å². The van der Waals surface area contributed by atoms with E-state index in [1.54, 1.807) is 26.1 Å². The lowest BCUT2D eigenvalue weighted by Gasteiger charge is -2.37. The molecule has 1 fully saturated rings. The summed E-state index contributed by atoms with van der Waals surface area (Å²) >= 11 is 8.28. The minimum atomic E-state index is -0.554. The van der Waals surface area contributed by atoms with Gasteiger partial charge in [-0.1, -0.05) is 54.1 Å². The standard InChI is InChI=1S/C34H40ClN3O3S/c1-34(33(40)37(3)4)18-16-22(17-19-34)23-10-15-28(41-5)24(20-23)21-38(26-13-11-25(36-2)12-14-26)32(39)31-30(35)27-8-6-7-9-29(27)42-31/h6-10,15-18,20,25-26,36H,11-14,19,21H2,1-5H3. The molecule has 2 aliphatic carbocycles. The second kappa shape index (κ2) is 12.6. The molecule has 2 amide bonds. The number of thiophene rings is 1. The maximum atomic E-state index is 14.3. The summed E-state index contributed by atoms with van der Waals surface area (Å²) in [6.07, 6.45) is 10.7. The Kier molecular flexibility index (Phi) is 9.11. The molecule has 1 aromatic heterocycles. The first-order valence-corrected chi connectivity index (χ1v) is 15.8. The van der Waals surface area contributed by atoms with Crippen LogP contribution < -0.4 is 10.1 Å². The summed E-state index contributed by atoms with van der Waals surface area (Å²) in [5, 5.41) is 4.85. The number of carbonyl (C=O) groups excluding carboxylic acids is 2. The van der Waals surface area contributed by atoms with Crippen LogP contribution in [0.5, 0.6) is 5.75 Å². The van der Waals surface area contributed by atoms with E-state index in [1.807, 2.05) is 67.4 Å². The van der Waals surface area contributed by atoms with E-state index < -0.39 is 5.41 Å². The van der Waals surface area contributed by atoms with Gasteiger partial charge in [-0.05, 0) is 75.4 Å². The third-order valence-electron chi connectivity index (χ3n) is 8.76. The van der Waals surface area contributed by atoms with Crippen LogP contribution in [0.2, 0.25) is 5.02 Å². The highest BCUT2D eigenvalue weighted by Gasteiger charge is 2.34. The van der Waals surface area contributed by atoms with Crippen molar-refractivity contribution in [1.82, 2.24) is 15.1 Å². The van der Waals surface area contributed by atoms with Gasteiger partial charge in [0.25, 0.3) is 5.91 Å². The van der Waals surface area contributed by atoms with Crippen molar-refractivity contribution in [2.45, 2.75) is 57.7 Å². The van der Waals surface area contributed by atoms with Crippen molar-refractivity contribution in [3.05, 3.63) is 81.7 Å². The molecular formula is C34H40ClN3O3S. The largest absolute Gasteiger partial charge is 0.496 e. The molecule has 0 saturated heterocycles. The molecule has 1 saturated carbocycles. The Morgan fingerprint density at radius 1 is 1.12 bits per heavy atom. The van der Waals surface area contributed by atoms with Crippen LogP contribution in [0.15, 0.2) is 60.7 Å². The molecule has 1 heterocycles. The number of carbonyl (C=O) groups is 2. The highest BCUT2D eigenvalue weighted by atomic mass is 35.5. The van der Waals surface area contributed by atoms with E-state index in [0.717, 1.165) is 58.2 Å². The first-order valence-electron chi connectivity index (χ1n) is 14.6. The topological polar surface area (TPSA) is 61.9 Å². The number of halogens is 1. The summed E-state index contributed by atoms with van der Waals surface area (Å²) in [5.74, 6) is 0.804. The zero-order valence-corrected chi connectivity index (χ0v) is 26.6. The van der Waals surface area contributed by atoms with Gasteiger partial charge in [-0.2, -0.15) is 0 Å². The number of methoxy groups -OCH3 is 1. The van der Waals surface area contributed by atoms with E-state index in [4.69, 9.17) is 16.3 Å². The van der Waals surface area contributed by atoms with Crippen molar-refractivity contribution in [2.24, 2.45) is 5.41 Å². The number of amides is 2. The molecule has 8 heteroatoms. The Balaban J connectivity index is 1.47. The van der Waals surface area contributed by atoms with Crippen LogP contribution in [0.25, 0.3) is 15.7 Å². The number of allylic oxidation sites excluding steroid dienone is 3. The summed E-state index contributed by atoms with van der Waals surface area (Å²) in [6.45, 7) is 2.40. The highest BCUT2D eigenvalue weighted by molar-refractivity contribution is 7.21. The molecule has 1 unspecified atom stereocenters. The maximum Gasteiger partial charge on any atom is 0.266 e. The molecule has 2 aromatic carbocycles. The molecule has 0 bridgehead atoms. The Hall–Kier alpha value is -3.13. The second-order valence-corrected chi connectivity index (χ2v) is 13.2. The summed E-state index contributed by atoms with van der Waals surface area (Å²) in [5.41, 5.74) is 2.49. The third kappa shape index (κ3) is 6.01. The molecule has 1 atom stereocenters. The molecule has 42 heavy (non-hydrogen) atoms. The lowest BCUT2D eigenvalue weighted by atomic mass is 9.79. The molecule has 2 aliphatic rings. The first-order chi connectivity index (χ1) is 20.1. The molecule has 3 aromatic rings. The van der Waals surface area contributed by atoms with E-state index in [2.05, 4.69) is 17.5 Å². The van der Waals surface area contributed by atoms with Crippen molar-refractivity contribution in [3.8, 4) is 5.75 Å². The fourth-order valence-electron chi connectivity index (χ4n) is 6.21. The first kappa shape index (κ1) is 30.3. The van der Waals surface area contributed by atoms with Gasteiger partial charge in [-0.3, -0.25) is 9.59 Å². The van der Waals surface area contributed by atoms with E-state index >= 15 is 0 Å². The number of ether oxygens (including phenoxy) is 1. The van der Waals surface area contributed by atoms with Crippen LogP contribution in [0.1, 0.15) is 59.8 Å². The minimum absolute atomic E-state index is 0.0312. The van der Waals surface area contributed by atoms with Crippen LogP contribution in [0.3, 0.4) is 0 Å². The maximum absolute atomic E-state index is 14.3. The number of nitrogens with zero attached hydrogens (tertiary/aromatic N) is 2. The molecule has 0 aliphatic heterocycles. The zero-order valence-electron chi connectivity index (χ0n) is 25.1. The van der Waals surface area contributed by atoms with Gasteiger partial charge < -0.3 is 19.9 Å². The number of nitrogens with one attached hydrogen (secondary N) is 1. The Bertz CT molecular complexity index is 1540. The molecule has 0 spiro atoms. The third-order valence-corrected chi connectivity index (χ3v) is 10.4. The van der Waals surface area contributed by atoms with Crippen molar-refractivity contribution in [3.63, 3.8) is 0 Å². The van der Waals surface area contributed by atoms with Crippen molar-refractivity contribution in [1.29, 1.82) is 0 Å². The predicted octanol–water partition coefficient (Wildman–Crippen LogP) is 7.17. The fraction of sp³-hybridized carbons (Fsp3) is 0.412. The average Bonchev–Trinajstić information content (AvgIpc) is 3.35. The van der Waals surface area contributed by atoms with Gasteiger partial charge in [0, 0.05) is 48.4 Å². The highest BCUT2D eigenvalue weighted by Crippen LogP contribution is 2.39. The predicted molar refractivity (Wildman–Crippen MR) is 173 cm³/mol. The van der Waals surface area contributed by atoms with Gasteiger partial charge in [-0.25, -0.2) is 0 Å². The SMILES string of the molecule is CNC1CCC(N(Cc2cc(C3=CCC(C)(C(=O)N(C)C)C=C3)ccc2OC)C(=O)c2sc3ccccc3c2Cl)CC1. The fourth-order valence-corrected chi connectivity index (χ4v) is 7.67. The van der Waals surface area contributed by atoms with Crippen LogP contribution in [-0.2, 0) is 11.3 Å². The second-order valence-electron chi connectivity index (χ2n) is 11.8. The van der Waals surface area contributed by atoms with E-state index in [9.17, 15) is 9.59 Å². The number of rotatable bonds is 8. The summed E-state index contributed by atoms with van der Waals surface area (Å²) in [4.78, 5) is 31.3. The number of benzene rings is 2. The zero-order chi connectivity index (χ0) is 30.0. The summed E-state index contributed by atoms with van der Waals surface area (Å²) in [7, 11) is 7.26. The number of fused-ring (bicyclic) bond motifs is 1. The smallest absolute Gasteiger partial charge is 0.266 e. The van der Waals surface area contributed by atoms with Gasteiger partial charge >= 0.3 is 0 Å².